The summed E-state index contributed by atoms with van der Waals surface area (Å²) in [5.41, 5.74) is 10.7. The van der Waals surface area contributed by atoms with Gasteiger partial charge in [0.2, 0.25) is 0 Å². The summed E-state index contributed by atoms with van der Waals surface area (Å²) >= 11 is 0. The molecule has 0 aliphatic heterocycles. The number of para-hydroxylation sites is 1. The summed E-state index contributed by atoms with van der Waals surface area (Å²) in [5, 5.41) is 0. The first-order chi connectivity index (χ1) is 21.6. The SMILES string of the molecule is CC(C)c1cccc(C(C)C)c1-c1n[c-]n(-c2c(C(C)C)cccc2C(C)C)c1C#Cc1ccccc1C(=O)c1ccccc1.[Au+]. The summed E-state index contributed by atoms with van der Waals surface area (Å²) in [7, 11) is 0. The Hall–Kier alpha value is -3.94. The Bertz CT molecular complexity index is 1750. The van der Waals surface area contributed by atoms with Crippen molar-refractivity contribution in [1.29, 1.82) is 0 Å². The third-order valence-electron chi connectivity index (χ3n) is 8.41. The molecule has 1 heterocycles. The minimum atomic E-state index is -0.0414. The Morgan fingerprint density at radius 3 is 1.67 bits per heavy atom. The normalized spacial score (nSPS) is 11.1. The van der Waals surface area contributed by atoms with E-state index >= 15 is 0 Å². The molecule has 0 N–H and O–H groups in total. The van der Waals surface area contributed by atoms with Crippen LogP contribution in [0, 0.1) is 18.2 Å². The average molecular weight is 789 g/mol. The van der Waals surface area contributed by atoms with Gasteiger partial charge in [-0.25, -0.2) is 0 Å². The number of aromatic nitrogens is 2. The van der Waals surface area contributed by atoms with Crippen LogP contribution in [0.15, 0.2) is 91.0 Å². The maximum atomic E-state index is 13.6. The van der Waals surface area contributed by atoms with E-state index in [0.717, 1.165) is 22.6 Å². The summed E-state index contributed by atoms with van der Waals surface area (Å²) in [6.07, 6.45) is 3.41. The van der Waals surface area contributed by atoms with Crippen molar-refractivity contribution < 1.29 is 27.2 Å². The third kappa shape index (κ3) is 7.06. The molecular formula is C42H43AuN2O. The van der Waals surface area contributed by atoms with E-state index in [4.69, 9.17) is 4.98 Å². The molecule has 0 aliphatic rings. The number of hydrogen-bond donors (Lipinski definition) is 0. The van der Waals surface area contributed by atoms with Crippen LogP contribution in [0.2, 0.25) is 0 Å². The Labute approximate surface area is 291 Å². The first-order valence-corrected chi connectivity index (χ1v) is 16.1. The van der Waals surface area contributed by atoms with E-state index in [2.05, 4.69) is 115 Å². The first-order valence-electron chi connectivity index (χ1n) is 16.1. The van der Waals surface area contributed by atoms with Gasteiger partial charge in [-0.1, -0.05) is 151 Å². The molecule has 238 valence electrons. The summed E-state index contributed by atoms with van der Waals surface area (Å²) in [4.78, 5) is 18.6. The number of ketones is 1. The maximum absolute atomic E-state index is 13.6. The fourth-order valence-corrected chi connectivity index (χ4v) is 6.02. The van der Waals surface area contributed by atoms with E-state index in [1.807, 2.05) is 54.6 Å². The molecule has 3 nitrogen and oxygen atoms in total. The van der Waals surface area contributed by atoms with Crippen LogP contribution >= 0.6 is 0 Å². The van der Waals surface area contributed by atoms with Gasteiger partial charge in [-0.15, -0.1) is 5.92 Å². The molecule has 4 aromatic carbocycles. The van der Waals surface area contributed by atoms with Crippen molar-refractivity contribution in [2.75, 3.05) is 0 Å². The topological polar surface area (TPSA) is 34.9 Å². The van der Waals surface area contributed by atoms with E-state index in [1.165, 1.54) is 22.3 Å². The van der Waals surface area contributed by atoms with Crippen molar-refractivity contribution in [2.24, 2.45) is 0 Å². The maximum Gasteiger partial charge on any atom is 1.00 e. The number of nitrogens with zero attached hydrogens (tertiary/aromatic N) is 2. The Morgan fingerprint density at radius 1 is 0.630 bits per heavy atom. The molecule has 46 heavy (non-hydrogen) atoms. The van der Waals surface area contributed by atoms with Gasteiger partial charge in [0, 0.05) is 28.7 Å². The largest absolute Gasteiger partial charge is 1.00 e. The van der Waals surface area contributed by atoms with Crippen molar-refractivity contribution in [3.05, 3.63) is 142 Å². The fraction of sp³-hybridized carbons (Fsp3) is 0.286. The van der Waals surface area contributed by atoms with Crippen LogP contribution in [0.4, 0.5) is 0 Å². The summed E-state index contributed by atoms with van der Waals surface area (Å²) in [6, 6.07) is 30.1. The van der Waals surface area contributed by atoms with E-state index in [-0.39, 0.29) is 40.0 Å². The predicted molar refractivity (Wildman–Crippen MR) is 186 cm³/mol. The minimum absolute atomic E-state index is 0. The smallest absolute Gasteiger partial charge is 0.419 e. The fourth-order valence-electron chi connectivity index (χ4n) is 6.02. The number of rotatable bonds is 8. The van der Waals surface area contributed by atoms with Crippen molar-refractivity contribution in [3.8, 4) is 28.8 Å². The molecule has 0 aliphatic carbocycles. The average Bonchev–Trinajstić information content (AvgIpc) is 3.46. The van der Waals surface area contributed by atoms with Crippen LogP contribution in [0.25, 0.3) is 16.9 Å². The molecule has 0 amide bonds. The van der Waals surface area contributed by atoms with Gasteiger partial charge < -0.3 is 9.55 Å². The zero-order valence-corrected chi connectivity index (χ0v) is 30.2. The van der Waals surface area contributed by atoms with Crippen molar-refractivity contribution >= 4 is 5.78 Å². The molecule has 0 bridgehead atoms. The number of benzene rings is 4. The molecule has 0 spiro atoms. The van der Waals surface area contributed by atoms with Crippen molar-refractivity contribution in [2.45, 2.75) is 79.1 Å². The van der Waals surface area contributed by atoms with E-state index in [0.29, 0.717) is 28.5 Å². The molecule has 5 aromatic rings. The second kappa shape index (κ2) is 15.1. The van der Waals surface area contributed by atoms with E-state index < -0.39 is 0 Å². The summed E-state index contributed by atoms with van der Waals surface area (Å²) in [6.45, 7) is 17.8. The minimum Gasteiger partial charge on any atom is -0.419 e. The second-order valence-electron chi connectivity index (χ2n) is 13.0. The van der Waals surface area contributed by atoms with Crippen LogP contribution in [0.1, 0.15) is 128 Å². The quantitative estimate of drug-likeness (QED) is 0.0679. The second-order valence-corrected chi connectivity index (χ2v) is 13.0. The van der Waals surface area contributed by atoms with E-state index in [1.54, 1.807) is 0 Å². The van der Waals surface area contributed by atoms with Gasteiger partial charge in [0.25, 0.3) is 0 Å². The van der Waals surface area contributed by atoms with Gasteiger partial charge >= 0.3 is 22.4 Å². The van der Waals surface area contributed by atoms with E-state index in [9.17, 15) is 4.79 Å². The number of carbonyl (C=O) groups excluding carboxylic acids is 1. The molecule has 0 unspecified atom stereocenters. The zero-order chi connectivity index (χ0) is 32.2. The summed E-state index contributed by atoms with van der Waals surface area (Å²) < 4.78 is 2.08. The number of carbonyl (C=O) groups is 1. The van der Waals surface area contributed by atoms with Gasteiger partial charge in [0.05, 0.1) is 0 Å². The number of imidazole rings is 1. The van der Waals surface area contributed by atoms with Crippen molar-refractivity contribution in [1.82, 2.24) is 9.55 Å². The van der Waals surface area contributed by atoms with Crippen LogP contribution in [0.3, 0.4) is 0 Å². The van der Waals surface area contributed by atoms with Gasteiger partial charge in [0.1, 0.15) is 0 Å². The molecular weight excluding hydrogens is 745 g/mol. The van der Waals surface area contributed by atoms with Crippen LogP contribution in [-0.4, -0.2) is 15.3 Å². The molecule has 5 rings (SSSR count). The van der Waals surface area contributed by atoms with Gasteiger partial charge in [-0.2, -0.15) is 0 Å². The Kier molecular flexibility index (Phi) is 11.5. The molecule has 0 saturated heterocycles. The number of hydrogen-bond acceptors (Lipinski definition) is 2. The molecule has 0 fully saturated rings. The van der Waals surface area contributed by atoms with Crippen LogP contribution < -0.4 is 0 Å². The van der Waals surface area contributed by atoms with Gasteiger partial charge in [-0.05, 0) is 63.9 Å². The standard InChI is InChI=1S/C42H43N2O.Au/c1-27(2)33-20-14-21-34(28(3)4)39(33)40-38(44(26-43-40)41-35(29(5)6)22-15-23-36(41)30(7)8)25-24-31-16-12-13-19-37(31)42(45)32-17-10-9-11-18-32;/h9-23,27-30H,1-8H3;/q-1;+1. The monoisotopic (exact) mass is 788 g/mol. The molecule has 0 radical (unpaired) electrons. The Balaban J connectivity index is 0.00000480. The molecule has 0 atom stereocenters. The molecule has 4 heteroatoms. The first kappa shape index (κ1) is 34.9. The zero-order valence-electron chi connectivity index (χ0n) is 28.1. The third-order valence-corrected chi connectivity index (χ3v) is 8.41. The van der Waals surface area contributed by atoms with Gasteiger partial charge in [0.15, 0.2) is 5.78 Å². The Morgan fingerprint density at radius 2 is 1.13 bits per heavy atom. The van der Waals surface area contributed by atoms with Crippen molar-refractivity contribution in [3.63, 3.8) is 0 Å². The predicted octanol–water partition coefficient (Wildman–Crippen LogP) is 10.5. The van der Waals surface area contributed by atoms with Crippen LogP contribution in [0.5, 0.6) is 0 Å². The molecule has 0 saturated carbocycles. The van der Waals surface area contributed by atoms with Gasteiger partial charge in [-0.3, -0.25) is 4.79 Å². The summed E-state index contributed by atoms with van der Waals surface area (Å²) in [5.74, 6) is 8.11. The van der Waals surface area contributed by atoms with Crippen LogP contribution in [-0.2, 0) is 22.4 Å². The molecule has 1 aromatic heterocycles.